The van der Waals surface area contributed by atoms with E-state index in [2.05, 4.69) is 5.92 Å². The quantitative estimate of drug-likeness (QED) is 0.491. The van der Waals surface area contributed by atoms with Crippen LogP contribution in [0.15, 0.2) is 12.2 Å². The molecule has 0 aliphatic carbocycles. The van der Waals surface area contributed by atoms with Gasteiger partial charge in [-0.05, 0) is 19.1 Å². The predicted octanol–water partition coefficient (Wildman–Crippen LogP) is -0.148. The Morgan fingerprint density at radius 1 is 1.91 bits per heavy atom. The fourth-order valence-electron chi connectivity index (χ4n) is 0.773. The zero-order valence-corrected chi connectivity index (χ0v) is 6.07. The minimum atomic E-state index is -1.30. The standard InChI is InChI=1S/C8H8O3/c1-3-8(2)6(9)4-5-7(10)11-8/h1,4-5,7,10H,2H3. The average Bonchev–Trinajstić information content (AvgIpc) is 1.98. The van der Waals surface area contributed by atoms with Gasteiger partial charge in [0.05, 0.1) is 0 Å². The molecule has 0 radical (unpaired) electrons. The molecule has 1 aliphatic heterocycles. The van der Waals surface area contributed by atoms with E-state index in [1.807, 2.05) is 0 Å². The number of terminal acetylenes is 1. The number of carbonyl (C=O) groups excluding carboxylic acids is 1. The van der Waals surface area contributed by atoms with Gasteiger partial charge in [-0.2, -0.15) is 0 Å². The monoisotopic (exact) mass is 152 g/mol. The summed E-state index contributed by atoms with van der Waals surface area (Å²) >= 11 is 0. The lowest BCUT2D eigenvalue weighted by Crippen LogP contribution is -2.41. The van der Waals surface area contributed by atoms with Crippen molar-refractivity contribution < 1.29 is 14.6 Å². The molecule has 58 valence electrons. The Morgan fingerprint density at radius 3 is 3.00 bits per heavy atom. The van der Waals surface area contributed by atoms with Crippen LogP contribution in [-0.4, -0.2) is 22.8 Å². The maximum absolute atomic E-state index is 11.0. The summed E-state index contributed by atoms with van der Waals surface area (Å²) in [7, 11) is 0. The molecule has 0 spiro atoms. The molecular formula is C8H8O3. The van der Waals surface area contributed by atoms with Crippen LogP contribution in [0.25, 0.3) is 0 Å². The van der Waals surface area contributed by atoms with E-state index < -0.39 is 11.9 Å². The van der Waals surface area contributed by atoms with Crippen LogP contribution in [0, 0.1) is 12.3 Å². The molecular weight excluding hydrogens is 144 g/mol. The normalized spacial score (nSPS) is 36.8. The highest BCUT2D eigenvalue weighted by Gasteiger charge is 2.35. The number of hydrogen-bond acceptors (Lipinski definition) is 3. The SMILES string of the molecule is C#CC1(C)OC(O)C=CC1=O. The topological polar surface area (TPSA) is 46.5 Å². The van der Waals surface area contributed by atoms with Crippen LogP contribution >= 0.6 is 0 Å². The smallest absolute Gasteiger partial charge is 0.199 e. The molecule has 0 aromatic rings. The van der Waals surface area contributed by atoms with E-state index in [0.717, 1.165) is 0 Å². The van der Waals surface area contributed by atoms with Crippen LogP contribution in [-0.2, 0) is 9.53 Å². The fourth-order valence-corrected chi connectivity index (χ4v) is 0.773. The first kappa shape index (κ1) is 7.99. The molecule has 0 aromatic heterocycles. The minimum Gasteiger partial charge on any atom is -0.365 e. The highest BCUT2D eigenvalue weighted by molar-refractivity contribution is 5.99. The summed E-state index contributed by atoms with van der Waals surface area (Å²) in [4.78, 5) is 11.0. The van der Waals surface area contributed by atoms with E-state index in [0.29, 0.717) is 0 Å². The molecule has 0 saturated carbocycles. The summed E-state index contributed by atoms with van der Waals surface area (Å²) in [5.74, 6) is 1.86. The van der Waals surface area contributed by atoms with Crippen LogP contribution in [0.3, 0.4) is 0 Å². The zero-order valence-electron chi connectivity index (χ0n) is 6.07. The van der Waals surface area contributed by atoms with Gasteiger partial charge in [-0.1, -0.05) is 5.92 Å². The molecule has 1 rings (SSSR count). The van der Waals surface area contributed by atoms with Gasteiger partial charge in [0.25, 0.3) is 0 Å². The van der Waals surface area contributed by atoms with Crippen molar-refractivity contribution in [3.05, 3.63) is 12.2 Å². The second kappa shape index (κ2) is 2.50. The molecule has 3 heteroatoms. The molecule has 1 heterocycles. The van der Waals surface area contributed by atoms with E-state index in [4.69, 9.17) is 16.3 Å². The van der Waals surface area contributed by atoms with Crippen molar-refractivity contribution in [2.45, 2.75) is 18.8 Å². The van der Waals surface area contributed by atoms with Gasteiger partial charge in [0.2, 0.25) is 0 Å². The Labute approximate surface area is 64.7 Å². The Morgan fingerprint density at radius 2 is 2.55 bits per heavy atom. The van der Waals surface area contributed by atoms with Crippen molar-refractivity contribution in [2.24, 2.45) is 0 Å². The molecule has 0 saturated heterocycles. The maximum Gasteiger partial charge on any atom is 0.199 e. The van der Waals surface area contributed by atoms with Crippen molar-refractivity contribution in [2.75, 3.05) is 0 Å². The first-order valence-corrected chi connectivity index (χ1v) is 3.15. The van der Waals surface area contributed by atoms with Crippen LogP contribution in [0.5, 0.6) is 0 Å². The first-order valence-electron chi connectivity index (χ1n) is 3.15. The molecule has 0 bridgehead atoms. The molecule has 1 N–H and O–H groups in total. The molecule has 0 fully saturated rings. The van der Waals surface area contributed by atoms with Gasteiger partial charge in [0.1, 0.15) is 0 Å². The van der Waals surface area contributed by atoms with Crippen LogP contribution < -0.4 is 0 Å². The molecule has 1 aliphatic rings. The second-order valence-electron chi connectivity index (χ2n) is 2.41. The number of aliphatic hydroxyl groups is 1. The maximum atomic E-state index is 11.0. The first-order chi connectivity index (χ1) is 5.08. The summed E-state index contributed by atoms with van der Waals surface area (Å²) in [6, 6.07) is 0. The number of aliphatic hydroxyl groups excluding tert-OH is 1. The number of rotatable bonds is 0. The van der Waals surface area contributed by atoms with Crippen molar-refractivity contribution >= 4 is 5.78 Å². The third kappa shape index (κ3) is 1.32. The van der Waals surface area contributed by atoms with Crippen molar-refractivity contribution in [3.8, 4) is 12.3 Å². The molecule has 2 atom stereocenters. The van der Waals surface area contributed by atoms with Gasteiger partial charge in [-0.3, -0.25) is 4.79 Å². The summed E-state index contributed by atoms with van der Waals surface area (Å²) in [6.07, 6.45) is 6.46. The number of ketones is 1. The zero-order chi connectivity index (χ0) is 8.48. The van der Waals surface area contributed by atoms with E-state index in [1.165, 1.54) is 19.1 Å². The molecule has 11 heavy (non-hydrogen) atoms. The van der Waals surface area contributed by atoms with Gasteiger partial charge >= 0.3 is 0 Å². The Hall–Kier alpha value is -1.11. The number of carbonyl (C=O) groups is 1. The lowest BCUT2D eigenvalue weighted by atomic mass is 9.99. The fraction of sp³-hybridized carbons (Fsp3) is 0.375. The predicted molar refractivity (Wildman–Crippen MR) is 38.5 cm³/mol. The summed E-state index contributed by atoms with van der Waals surface area (Å²) in [5, 5.41) is 8.94. The largest absolute Gasteiger partial charge is 0.365 e. The number of hydrogen-bond donors (Lipinski definition) is 1. The van der Waals surface area contributed by atoms with Crippen molar-refractivity contribution in [1.82, 2.24) is 0 Å². The van der Waals surface area contributed by atoms with Gasteiger partial charge in [-0.25, -0.2) is 0 Å². The van der Waals surface area contributed by atoms with Gasteiger partial charge in [-0.15, -0.1) is 6.42 Å². The minimum absolute atomic E-state index is 0.315. The third-order valence-corrected chi connectivity index (χ3v) is 1.51. The molecule has 2 unspecified atom stereocenters. The molecule has 0 amide bonds. The third-order valence-electron chi connectivity index (χ3n) is 1.51. The lowest BCUT2D eigenvalue weighted by Gasteiger charge is -2.26. The lowest BCUT2D eigenvalue weighted by molar-refractivity contribution is -0.159. The highest BCUT2D eigenvalue weighted by Crippen LogP contribution is 2.18. The van der Waals surface area contributed by atoms with Gasteiger partial charge < -0.3 is 9.84 Å². The van der Waals surface area contributed by atoms with Gasteiger partial charge in [0.15, 0.2) is 17.7 Å². The van der Waals surface area contributed by atoms with Crippen molar-refractivity contribution in [1.29, 1.82) is 0 Å². The van der Waals surface area contributed by atoms with Gasteiger partial charge in [0, 0.05) is 0 Å². The molecule has 3 nitrogen and oxygen atoms in total. The van der Waals surface area contributed by atoms with E-state index in [-0.39, 0.29) is 5.78 Å². The summed E-state index contributed by atoms with van der Waals surface area (Å²) in [5.41, 5.74) is -1.30. The molecule has 0 aromatic carbocycles. The highest BCUT2D eigenvalue weighted by atomic mass is 16.6. The van der Waals surface area contributed by atoms with Crippen LogP contribution in [0.1, 0.15) is 6.92 Å². The Bertz CT molecular complexity index is 249. The van der Waals surface area contributed by atoms with Crippen molar-refractivity contribution in [3.63, 3.8) is 0 Å². The average molecular weight is 152 g/mol. The second-order valence-corrected chi connectivity index (χ2v) is 2.41. The van der Waals surface area contributed by atoms with Crippen LogP contribution in [0.2, 0.25) is 0 Å². The Kier molecular flexibility index (Phi) is 1.81. The summed E-state index contributed by atoms with van der Waals surface area (Å²) < 4.78 is 4.82. The summed E-state index contributed by atoms with van der Waals surface area (Å²) in [6.45, 7) is 1.45. The number of ether oxygens (including phenoxy) is 1. The van der Waals surface area contributed by atoms with E-state index in [9.17, 15) is 4.79 Å². The van der Waals surface area contributed by atoms with E-state index in [1.54, 1.807) is 0 Å². The van der Waals surface area contributed by atoms with Crippen LogP contribution in [0.4, 0.5) is 0 Å². The van der Waals surface area contributed by atoms with E-state index >= 15 is 0 Å². The Balaban J connectivity index is 2.95.